The molecule has 2 aromatic rings. The minimum Gasteiger partial charge on any atom is -0.494 e. The maximum Gasteiger partial charge on any atom is 0.411 e. The van der Waals surface area contributed by atoms with Crippen LogP contribution in [-0.4, -0.2) is 39.0 Å². The number of ether oxygens (including phenoxy) is 2. The summed E-state index contributed by atoms with van der Waals surface area (Å²) in [6.45, 7) is 7.79. The summed E-state index contributed by atoms with van der Waals surface area (Å²) in [5.74, 6) is 0.821. The summed E-state index contributed by atoms with van der Waals surface area (Å²) in [5.41, 5.74) is 3.30. The second kappa shape index (κ2) is 9.86. The molecular formula is C26H34N2O5S. The molecule has 34 heavy (non-hydrogen) atoms. The van der Waals surface area contributed by atoms with Crippen molar-refractivity contribution >= 4 is 27.3 Å². The Kier molecular flexibility index (Phi) is 7.07. The molecule has 2 unspecified atom stereocenters. The normalized spacial score (nSPS) is 20.1. The van der Waals surface area contributed by atoms with Gasteiger partial charge in [0.1, 0.15) is 11.0 Å². The molecule has 0 saturated heterocycles. The predicted octanol–water partition coefficient (Wildman–Crippen LogP) is 5.63. The second-order valence-electron chi connectivity index (χ2n) is 9.16. The van der Waals surface area contributed by atoms with Gasteiger partial charge in [-0.1, -0.05) is 25.1 Å². The molecule has 1 amide bonds. The summed E-state index contributed by atoms with van der Waals surface area (Å²) in [5, 5.41) is 2.07. The minimum atomic E-state index is -3.40. The van der Waals surface area contributed by atoms with Crippen LogP contribution in [0.15, 0.2) is 42.5 Å². The Labute approximate surface area is 202 Å². The standard InChI is InChI=1S/C26H34N2O5S/c1-5-32-21-14-15-22-23(16-21)28(20-8-7-9-20)24(25(22)34(30,31)6-2)18-10-12-19(13-11-18)27-26(29)33-17(3)4/h10-17,20,24-25H,5-9H2,1-4H3,(H,27,29). The van der Waals surface area contributed by atoms with Crippen molar-refractivity contribution in [3.63, 3.8) is 0 Å². The van der Waals surface area contributed by atoms with Gasteiger partial charge in [-0.05, 0) is 69.4 Å². The minimum absolute atomic E-state index is 0.0695. The zero-order valence-electron chi connectivity index (χ0n) is 20.3. The molecular weight excluding hydrogens is 452 g/mol. The number of hydrogen-bond donors (Lipinski definition) is 1. The van der Waals surface area contributed by atoms with Crippen molar-refractivity contribution in [3.8, 4) is 5.75 Å². The lowest BCUT2D eigenvalue weighted by molar-refractivity contribution is 0.130. The van der Waals surface area contributed by atoms with Gasteiger partial charge < -0.3 is 14.4 Å². The zero-order chi connectivity index (χ0) is 24.5. The number of nitrogens with zero attached hydrogens (tertiary/aromatic N) is 1. The molecule has 1 heterocycles. The summed E-state index contributed by atoms with van der Waals surface area (Å²) in [6, 6.07) is 13.2. The Morgan fingerprint density at radius 2 is 1.82 bits per heavy atom. The summed E-state index contributed by atoms with van der Waals surface area (Å²) in [4.78, 5) is 14.3. The largest absolute Gasteiger partial charge is 0.494 e. The van der Waals surface area contributed by atoms with Crippen LogP contribution in [0, 0.1) is 0 Å². The Balaban J connectivity index is 1.74. The molecule has 0 bridgehead atoms. The van der Waals surface area contributed by atoms with Gasteiger partial charge in [0.15, 0.2) is 9.84 Å². The van der Waals surface area contributed by atoms with E-state index in [4.69, 9.17) is 9.47 Å². The van der Waals surface area contributed by atoms with E-state index in [-0.39, 0.29) is 23.9 Å². The smallest absolute Gasteiger partial charge is 0.411 e. The molecule has 1 saturated carbocycles. The predicted molar refractivity (Wildman–Crippen MR) is 134 cm³/mol. The molecule has 0 radical (unpaired) electrons. The fourth-order valence-corrected chi connectivity index (χ4v) is 6.45. The summed E-state index contributed by atoms with van der Waals surface area (Å²) in [7, 11) is -3.40. The zero-order valence-corrected chi connectivity index (χ0v) is 21.1. The van der Waals surface area contributed by atoms with Crippen LogP contribution < -0.4 is 15.0 Å². The number of amides is 1. The highest BCUT2D eigenvalue weighted by Crippen LogP contribution is 2.55. The van der Waals surface area contributed by atoms with E-state index in [2.05, 4.69) is 10.2 Å². The first kappa shape index (κ1) is 24.4. The number of fused-ring (bicyclic) bond motifs is 1. The fraction of sp³-hybridized carbons (Fsp3) is 0.500. The molecule has 0 spiro atoms. The average Bonchev–Trinajstić information content (AvgIpc) is 3.08. The molecule has 1 aliphatic carbocycles. The molecule has 8 heteroatoms. The van der Waals surface area contributed by atoms with Crippen molar-refractivity contribution in [1.82, 2.24) is 0 Å². The van der Waals surface area contributed by atoms with Crippen molar-refractivity contribution in [2.24, 2.45) is 0 Å². The average molecular weight is 487 g/mol. The van der Waals surface area contributed by atoms with E-state index in [0.29, 0.717) is 12.3 Å². The van der Waals surface area contributed by atoms with Gasteiger partial charge in [0.25, 0.3) is 0 Å². The van der Waals surface area contributed by atoms with Crippen LogP contribution in [0.25, 0.3) is 0 Å². The third-order valence-electron chi connectivity index (χ3n) is 6.58. The molecule has 2 aromatic carbocycles. The number of sulfone groups is 1. The van der Waals surface area contributed by atoms with Crippen LogP contribution in [0.5, 0.6) is 5.75 Å². The summed E-state index contributed by atoms with van der Waals surface area (Å²) >= 11 is 0. The highest BCUT2D eigenvalue weighted by Gasteiger charge is 2.49. The summed E-state index contributed by atoms with van der Waals surface area (Å²) < 4.78 is 37.7. The van der Waals surface area contributed by atoms with Crippen molar-refractivity contribution in [2.75, 3.05) is 22.6 Å². The number of carbonyl (C=O) groups is 1. The van der Waals surface area contributed by atoms with Gasteiger partial charge in [0.2, 0.25) is 0 Å². The Hall–Kier alpha value is -2.74. The van der Waals surface area contributed by atoms with Gasteiger partial charge in [-0.15, -0.1) is 0 Å². The number of rotatable bonds is 8. The third-order valence-corrected chi connectivity index (χ3v) is 8.67. The Bertz CT molecular complexity index is 1130. The van der Waals surface area contributed by atoms with E-state index >= 15 is 0 Å². The van der Waals surface area contributed by atoms with Gasteiger partial charge in [0.05, 0.1) is 18.8 Å². The lowest BCUT2D eigenvalue weighted by Crippen LogP contribution is -2.42. The van der Waals surface area contributed by atoms with Crippen molar-refractivity contribution in [1.29, 1.82) is 0 Å². The molecule has 1 fully saturated rings. The van der Waals surface area contributed by atoms with E-state index in [9.17, 15) is 13.2 Å². The van der Waals surface area contributed by atoms with Gasteiger partial charge in [0, 0.05) is 29.2 Å². The molecule has 4 rings (SSSR count). The lowest BCUT2D eigenvalue weighted by atomic mass is 9.89. The van der Waals surface area contributed by atoms with Crippen LogP contribution in [0.3, 0.4) is 0 Å². The molecule has 1 aliphatic heterocycles. The molecule has 2 atom stereocenters. The fourth-order valence-electron chi connectivity index (χ4n) is 4.83. The van der Waals surface area contributed by atoms with E-state index in [1.807, 2.05) is 37.3 Å². The van der Waals surface area contributed by atoms with Crippen LogP contribution in [0.4, 0.5) is 16.2 Å². The van der Waals surface area contributed by atoms with E-state index in [1.165, 1.54) is 0 Å². The maximum atomic E-state index is 13.4. The monoisotopic (exact) mass is 486 g/mol. The van der Waals surface area contributed by atoms with Crippen LogP contribution in [-0.2, 0) is 14.6 Å². The molecule has 1 N–H and O–H groups in total. The lowest BCUT2D eigenvalue weighted by Gasteiger charge is -2.42. The van der Waals surface area contributed by atoms with Crippen molar-refractivity contribution < 1.29 is 22.7 Å². The topological polar surface area (TPSA) is 84.9 Å². The first-order chi connectivity index (χ1) is 16.2. The number of anilines is 2. The quantitative estimate of drug-likeness (QED) is 0.520. The molecule has 184 valence electrons. The third kappa shape index (κ3) is 4.73. The van der Waals surface area contributed by atoms with Crippen molar-refractivity contribution in [3.05, 3.63) is 53.6 Å². The molecule has 7 nitrogen and oxygen atoms in total. The SMILES string of the molecule is CCOc1ccc2c(c1)N(C1CCC1)C(c1ccc(NC(=O)OC(C)C)cc1)C2S(=O)(=O)CC. The van der Waals surface area contributed by atoms with Crippen LogP contribution in [0.1, 0.15) is 69.4 Å². The number of benzene rings is 2. The van der Waals surface area contributed by atoms with Crippen LogP contribution in [0.2, 0.25) is 0 Å². The van der Waals surface area contributed by atoms with Gasteiger partial charge in [-0.2, -0.15) is 0 Å². The number of nitrogens with one attached hydrogen (secondary N) is 1. The number of carbonyl (C=O) groups excluding carboxylic acids is 1. The first-order valence-electron chi connectivity index (χ1n) is 12.1. The Morgan fingerprint density at radius 1 is 1.12 bits per heavy atom. The molecule has 0 aromatic heterocycles. The number of hydrogen-bond acceptors (Lipinski definition) is 6. The van der Waals surface area contributed by atoms with E-state index in [1.54, 1.807) is 32.9 Å². The van der Waals surface area contributed by atoms with Crippen molar-refractivity contribution in [2.45, 2.75) is 70.4 Å². The Morgan fingerprint density at radius 3 is 2.38 bits per heavy atom. The van der Waals surface area contributed by atoms with E-state index in [0.717, 1.165) is 41.8 Å². The van der Waals surface area contributed by atoms with E-state index < -0.39 is 21.2 Å². The molecule has 2 aliphatic rings. The van der Waals surface area contributed by atoms with Crippen LogP contribution >= 0.6 is 0 Å². The van der Waals surface area contributed by atoms with Gasteiger partial charge in [-0.3, -0.25) is 5.32 Å². The second-order valence-corrected chi connectivity index (χ2v) is 11.6. The summed E-state index contributed by atoms with van der Waals surface area (Å²) in [6.07, 6.45) is 2.49. The maximum absolute atomic E-state index is 13.4. The highest BCUT2D eigenvalue weighted by atomic mass is 32.2. The first-order valence-corrected chi connectivity index (χ1v) is 13.8. The van der Waals surface area contributed by atoms with Gasteiger partial charge >= 0.3 is 6.09 Å². The van der Waals surface area contributed by atoms with Gasteiger partial charge in [-0.25, -0.2) is 13.2 Å². The highest BCUT2D eigenvalue weighted by molar-refractivity contribution is 7.91.